The third-order valence-electron chi connectivity index (χ3n) is 5.25. The van der Waals surface area contributed by atoms with Gasteiger partial charge in [0.2, 0.25) is 5.91 Å². The van der Waals surface area contributed by atoms with Gasteiger partial charge in [0, 0.05) is 17.8 Å². The molecule has 1 N–H and O–H groups in total. The number of amides is 1. The number of benzene rings is 3. The Morgan fingerprint density at radius 3 is 2.81 bits per heavy atom. The lowest BCUT2D eigenvalue weighted by Gasteiger charge is -2.25. The molecule has 1 heterocycles. The lowest BCUT2D eigenvalue weighted by Crippen LogP contribution is -2.33. The van der Waals surface area contributed by atoms with Gasteiger partial charge in [-0.2, -0.15) is 0 Å². The van der Waals surface area contributed by atoms with E-state index >= 15 is 0 Å². The fraction of sp³-hybridized carbons (Fsp3) is 0.261. The molecule has 1 aliphatic heterocycles. The second-order valence-corrected chi connectivity index (χ2v) is 6.98. The van der Waals surface area contributed by atoms with E-state index in [2.05, 4.69) is 52.7 Å². The van der Waals surface area contributed by atoms with Gasteiger partial charge in [0.05, 0.1) is 13.7 Å². The third kappa shape index (κ3) is 3.81. The van der Waals surface area contributed by atoms with E-state index in [1.165, 1.54) is 16.3 Å². The first-order valence-electron chi connectivity index (χ1n) is 9.40. The minimum Gasteiger partial charge on any atom is -0.497 e. The number of hydrogen-bond donors (Lipinski definition) is 1. The Morgan fingerprint density at radius 2 is 1.93 bits per heavy atom. The number of nitrogens with one attached hydrogen (secondary N) is 1. The van der Waals surface area contributed by atoms with E-state index < -0.39 is 0 Å². The molecule has 4 nitrogen and oxygen atoms in total. The molecule has 3 aromatic rings. The number of anilines is 1. The largest absolute Gasteiger partial charge is 0.497 e. The number of rotatable bonds is 5. The van der Waals surface area contributed by atoms with Crippen LogP contribution in [0.1, 0.15) is 24.4 Å². The highest BCUT2D eigenvalue weighted by atomic mass is 16.5. The molecule has 1 fully saturated rings. The molecule has 0 spiro atoms. The smallest absolute Gasteiger partial charge is 0.238 e. The van der Waals surface area contributed by atoms with Crippen molar-refractivity contribution >= 4 is 22.4 Å². The maximum Gasteiger partial charge on any atom is 0.238 e. The molecule has 1 aliphatic rings. The van der Waals surface area contributed by atoms with Crippen LogP contribution in [0.4, 0.5) is 5.69 Å². The number of carbonyl (C=O) groups excluding carboxylic acids is 1. The number of hydrogen-bond acceptors (Lipinski definition) is 3. The Hall–Kier alpha value is -2.85. The van der Waals surface area contributed by atoms with Crippen LogP contribution in [0.25, 0.3) is 10.8 Å². The molecule has 4 heteroatoms. The van der Waals surface area contributed by atoms with Crippen LogP contribution in [0, 0.1) is 0 Å². The maximum absolute atomic E-state index is 12.6. The normalized spacial score (nSPS) is 17.1. The number of fused-ring (bicyclic) bond motifs is 1. The topological polar surface area (TPSA) is 41.6 Å². The van der Waals surface area contributed by atoms with Gasteiger partial charge in [-0.1, -0.05) is 48.5 Å². The molecule has 4 rings (SSSR count). The predicted octanol–water partition coefficient (Wildman–Crippen LogP) is 4.62. The highest BCUT2D eigenvalue weighted by Crippen LogP contribution is 2.35. The molecular weight excluding hydrogens is 336 g/mol. The van der Waals surface area contributed by atoms with Gasteiger partial charge in [0.1, 0.15) is 5.75 Å². The van der Waals surface area contributed by atoms with Crippen LogP contribution in [-0.4, -0.2) is 31.0 Å². The van der Waals surface area contributed by atoms with Gasteiger partial charge in [-0.15, -0.1) is 0 Å². The molecular formula is C23H24N2O2. The third-order valence-corrected chi connectivity index (χ3v) is 5.25. The summed E-state index contributed by atoms with van der Waals surface area (Å²) >= 11 is 0. The van der Waals surface area contributed by atoms with Crippen LogP contribution in [-0.2, 0) is 4.79 Å². The lowest BCUT2D eigenvalue weighted by molar-refractivity contribution is -0.117. The van der Waals surface area contributed by atoms with Crippen LogP contribution < -0.4 is 10.1 Å². The van der Waals surface area contributed by atoms with E-state index in [0.717, 1.165) is 30.8 Å². The Morgan fingerprint density at radius 1 is 1.11 bits per heavy atom. The molecule has 138 valence electrons. The highest BCUT2D eigenvalue weighted by molar-refractivity contribution is 5.92. The second kappa shape index (κ2) is 7.80. The number of ether oxygens (including phenoxy) is 1. The fourth-order valence-electron chi connectivity index (χ4n) is 3.99. The molecule has 1 amide bonds. The summed E-state index contributed by atoms with van der Waals surface area (Å²) < 4.78 is 5.22. The minimum absolute atomic E-state index is 0.00962. The zero-order chi connectivity index (χ0) is 18.6. The van der Waals surface area contributed by atoms with Gasteiger partial charge in [-0.05, 0) is 47.9 Å². The van der Waals surface area contributed by atoms with Gasteiger partial charge >= 0.3 is 0 Å². The first-order chi connectivity index (χ1) is 13.2. The zero-order valence-corrected chi connectivity index (χ0v) is 15.5. The van der Waals surface area contributed by atoms with Crippen molar-refractivity contribution in [3.8, 4) is 5.75 Å². The average molecular weight is 360 g/mol. The number of methoxy groups -OCH3 is 1. The highest BCUT2D eigenvalue weighted by Gasteiger charge is 2.28. The summed E-state index contributed by atoms with van der Waals surface area (Å²) in [5.74, 6) is 0.748. The van der Waals surface area contributed by atoms with Crippen molar-refractivity contribution in [2.45, 2.75) is 18.9 Å². The van der Waals surface area contributed by atoms with Crippen molar-refractivity contribution in [1.29, 1.82) is 0 Å². The number of nitrogens with zero attached hydrogens (tertiary/aromatic N) is 1. The Balaban J connectivity index is 1.50. The van der Waals surface area contributed by atoms with E-state index in [1.54, 1.807) is 7.11 Å². The molecule has 27 heavy (non-hydrogen) atoms. The first kappa shape index (κ1) is 17.6. The summed E-state index contributed by atoms with van der Waals surface area (Å²) in [5, 5.41) is 5.53. The van der Waals surface area contributed by atoms with E-state index in [1.807, 2.05) is 24.3 Å². The first-order valence-corrected chi connectivity index (χ1v) is 9.40. The van der Waals surface area contributed by atoms with Crippen molar-refractivity contribution in [2.24, 2.45) is 0 Å². The van der Waals surface area contributed by atoms with Crippen LogP contribution in [0.5, 0.6) is 5.75 Å². The SMILES string of the molecule is COc1cccc(NC(=O)CN2CCC[C@H]2c2cccc3ccccc23)c1. The summed E-state index contributed by atoms with van der Waals surface area (Å²) in [6.45, 7) is 1.34. The summed E-state index contributed by atoms with van der Waals surface area (Å²) in [5.41, 5.74) is 2.08. The quantitative estimate of drug-likeness (QED) is 0.722. The molecule has 1 atom stereocenters. The Labute approximate surface area is 159 Å². The van der Waals surface area contributed by atoms with Gasteiger partial charge in [0.15, 0.2) is 0 Å². The van der Waals surface area contributed by atoms with E-state index in [-0.39, 0.29) is 11.9 Å². The summed E-state index contributed by atoms with van der Waals surface area (Å²) in [7, 11) is 1.62. The number of carbonyl (C=O) groups is 1. The summed E-state index contributed by atoms with van der Waals surface area (Å²) in [4.78, 5) is 14.9. The van der Waals surface area contributed by atoms with Crippen molar-refractivity contribution in [3.05, 3.63) is 72.3 Å². The molecule has 0 bridgehead atoms. The maximum atomic E-state index is 12.6. The van der Waals surface area contributed by atoms with Crippen molar-refractivity contribution < 1.29 is 9.53 Å². The van der Waals surface area contributed by atoms with Crippen molar-refractivity contribution in [1.82, 2.24) is 4.90 Å². The molecule has 0 radical (unpaired) electrons. The molecule has 0 saturated carbocycles. The molecule has 1 saturated heterocycles. The predicted molar refractivity (Wildman–Crippen MR) is 109 cm³/mol. The molecule has 0 aromatic heterocycles. The van der Waals surface area contributed by atoms with Gasteiger partial charge in [0.25, 0.3) is 0 Å². The monoisotopic (exact) mass is 360 g/mol. The summed E-state index contributed by atoms with van der Waals surface area (Å²) in [6.07, 6.45) is 2.20. The average Bonchev–Trinajstić information content (AvgIpc) is 3.15. The summed E-state index contributed by atoms with van der Waals surface area (Å²) in [6, 6.07) is 22.7. The van der Waals surface area contributed by atoms with Crippen molar-refractivity contribution in [2.75, 3.05) is 25.5 Å². The van der Waals surface area contributed by atoms with Gasteiger partial charge in [-0.3, -0.25) is 9.69 Å². The van der Waals surface area contributed by atoms with Crippen molar-refractivity contribution in [3.63, 3.8) is 0 Å². The zero-order valence-electron chi connectivity index (χ0n) is 15.5. The molecule has 0 aliphatic carbocycles. The Bertz CT molecular complexity index is 949. The van der Waals surface area contributed by atoms with Crippen LogP contribution in [0.3, 0.4) is 0 Å². The molecule has 0 unspecified atom stereocenters. The fourth-order valence-corrected chi connectivity index (χ4v) is 3.99. The van der Waals surface area contributed by atoms with E-state index in [9.17, 15) is 4.79 Å². The minimum atomic E-state index is 0.00962. The van der Waals surface area contributed by atoms with Crippen LogP contribution in [0.15, 0.2) is 66.7 Å². The number of likely N-dealkylation sites (tertiary alicyclic amines) is 1. The standard InChI is InChI=1S/C23H24N2O2/c1-27-19-10-5-9-18(15-19)24-23(26)16-25-14-6-13-22(25)21-12-4-8-17-7-2-3-11-20(17)21/h2-5,7-12,15,22H,6,13-14,16H2,1H3,(H,24,26)/t22-/m0/s1. The van der Waals surface area contributed by atoms with Gasteiger partial charge < -0.3 is 10.1 Å². The second-order valence-electron chi connectivity index (χ2n) is 6.98. The van der Waals surface area contributed by atoms with Gasteiger partial charge in [-0.25, -0.2) is 0 Å². The van der Waals surface area contributed by atoms with Crippen LogP contribution in [0.2, 0.25) is 0 Å². The van der Waals surface area contributed by atoms with E-state index in [4.69, 9.17) is 4.74 Å². The Kier molecular flexibility index (Phi) is 5.07. The van der Waals surface area contributed by atoms with E-state index in [0.29, 0.717) is 6.54 Å². The molecule has 3 aromatic carbocycles. The lowest BCUT2D eigenvalue weighted by atomic mass is 9.97. The van der Waals surface area contributed by atoms with Crippen LogP contribution >= 0.6 is 0 Å².